The zero-order valence-electron chi connectivity index (χ0n) is 7.80. The van der Waals surface area contributed by atoms with Gasteiger partial charge in [0.15, 0.2) is 0 Å². The summed E-state index contributed by atoms with van der Waals surface area (Å²) in [5, 5.41) is 0. The Balaban J connectivity index is -0.0000000333. The largest absolute Gasteiger partial charge is 4.00 e. The minimum absolute atomic E-state index is 0. The first-order valence-corrected chi connectivity index (χ1v) is 3.43. The second-order valence-corrected chi connectivity index (χ2v) is 2.01. The maximum atomic E-state index is 2.99. The smallest absolute Gasteiger partial charge is 1.00 e. The van der Waals surface area contributed by atoms with Crippen molar-refractivity contribution in [2.45, 2.75) is 12.8 Å². The van der Waals surface area contributed by atoms with E-state index >= 15 is 0 Å². The van der Waals surface area contributed by atoms with Gasteiger partial charge in [-0.05, 0) is 0 Å². The zero-order valence-corrected chi connectivity index (χ0v) is 12.8. The summed E-state index contributed by atoms with van der Waals surface area (Å²) in [7, 11) is 0. The van der Waals surface area contributed by atoms with E-state index in [4.69, 9.17) is 0 Å². The fourth-order valence-electron chi connectivity index (χ4n) is 0.680. The van der Waals surface area contributed by atoms with Crippen molar-refractivity contribution in [2.24, 2.45) is 0 Å². The third-order valence-electron chi connectivity index (χ3n) is 1.17. The summed E-state index contributed by atoms with van der Waals surface area (Å²) in [6.45, 7) is 0. The molecule has 0 aromatic heterocycles. The van der Waals surface area contributed by atoms with E-state index in [9.17, 15) is 0 Å². The van der Waals surface area contributed by atoms with Crippen LogP contribution in [0.1, 0.15) is 12.8 Å². The summed E-state index contributed by atoms with van der Waals surface area (Å²) in [5.41, 5.74) is 0. The summed E-state index contributed by atoms with van der Waals surface area (Å²) in [4.78, 5) is 0. The minimum atomic E-state index is 0. The van der Waals surface area contributed by atoms with Crippen LogP contribution < -0.4 is 49.6 Å². The van der Waals surface area contributed by atoms with Gasteiger partial charge in [0.25, 0.3) is 0 Å². The molecule has 0 saturated carbocycles. The third-order valence-corrected chi connectivity index (χ3v) is 1.17. The Morgan fingerprint density at radius 1 is 0.667 bits per heavy atom. The zero-order chi connectivity index (χ0) is 7.07. The number of hydrogen-bond acceptors (Lipinski definition) is 0. The SMILES string of the molecule is [C-]1=CC=CC1.[C-]1=CC=CC1.[Cl-].[Cl-].[Cl-].[Cl-].[Mo+4]. The summed E-state index contributed by atoms with van der Waals surface area (Å²) < 4.78 is 0. The first kappa shape index (κ1) is 29.7. The molecule has 0 aromatic rings. The van der Waals surface area contributed by atoms with E-state index in [0.717, 1.165) is 12.8 Å². The van der Waals surface area contributed by atoms with E-state index in [1.54, 1.807) is 0 Å². The van der Waals surface area contributed by atoms with Gasteiger partial charge in [-0.1, -0.05) is 0 Å². The van der Waals surface area contributed by atoms with Crippen LogP contribution in [0.15, 0.2) is 36.5 Å². The molecule has 0 atom stereocenters. The van der Waals surface area contributed by atoms with Gasteiger partial charge in [-0.25, -0.2) is 24.3 Å². The number of halogens is 4. The van der Waals surface area contributed by atoms with Gasteiger partial charge in [0, 0.05) is 0 Å². The Kier molecular flexibility index (Phi) is 47.8. The van der Waals surface area contributed by atoms with Crippen molar-refractivity contribution in [3.8, 4) is 0 Å². The van der Waals surface area contributed by atoms with E-state index in [1.807, 2.05) is 24.3 Å². The van der Waals surface area contributed by atoms with E-state index in [0.29, 0.717) is 0 Å². The Morgan fingerprint density at radius 2 is 1.00 bits per heavy atom. The van der Waals surface area contributed by atoms with Crippen molar-refractivity contribution in [1.29, 1.82) is 0 Å². The summed E-state index contributed by atoms with van der Waals surface area (Å²) in [6, 6.07) is 0. The maximum absolute atomic E-state index is 2.99. The number of rotatable bonds is 0. The van der Waals surface area contributed by atoms with Gasteiger partial charge in [-0.15, -0.1) is 12.8 Å². The van der Waals surface area contributed by atoms with Crippen LogP contribution in [0.4, 0.5) is 0 Å². The fourth-order valence-corrected chi connectivity index (χ4v) is 0.680. The molecule has 2 rings (SSSR count). The van der Waals surface area contributed by atoms with Crippen molar-refractivity contribution in [1.82, 2.24) is 0 Å². The van der Waals surface area contributed by atoms with Gasteiger partial charge in [0.1, 0.15) is 0 Å². The topological polar surface area (TPSA) is 0 Å². The fraction of sp³-hybridized carbons (Fsp3) is 0.200. The Bertz CT molecular complexity index is 156. The van der Waals surface area contributed by atoms with Crippen LogP contribution in [0.3, 0.4) is 0 Å². The predicted molar refractivity (Wildman–Crippen MR) is 43.1 cm³/mol. The van der Waals surface area contributed by atoms with Crippen molar-refractivity contribution in [2.75, 3.05) is 0 Å². The van der Waals surface area contributed by atoms with Gasteiger partial charge in [0.2, 0.25) is 0 Å². The number of allylic oxidation sites excluding steroid dienone is 8. The monoisotopic (exact) mass is 368 g/mol. The Morgan fingerprint density at radius 3 is 1.07 bits per heavy atom. The molecule has 5 heteroatoms. The minimum Gasteiger partial charge on any atom is -1.00 e. The van der Waals surface area contributed by atoms with Crippen LogP contribution in [0.5, 0.6) is 0 Å². The molecule has 0 heterocycles. The molecule has 0 fully saturated rings. The predicted octanol–water partition coefficient (Wildman–Crippen LogP) is -9.38. The molecule has 15 heavy (non-hydrogen) atoms. The van der Waals surface area contributed by atoms with Crippen molar-refractivity contribution in [3.63, 3.8) is 0 Å². The van der Waals surface area contributed by atoms with Crippen LogP contribution in [0.2, 0.25) is 0 Å². The molecule has 0 N–H and O–H groups in total. The van der Waals surface area contributed by atoms with Crippen LogP contribution in [0, 0.1) is 12.2 Å². The first-order chi connectivity index (χ1) is 5.00. The van der Waals surface area contributed by atoms with Crippen molar-refractivity contribution >= 4 is 0 Å². The van der Waals surface area contributed by atoms with E-state index in [-0.39, 0.29) is 70.7 Å². The van der Waals surface area contributed by atoms with Crippen LogP contribution in [-0.4, -0.2) is 0 Å². The molecule has 0 bridgehead atoms. The van der Waals surface area contributed by atoms with Crippen LogP contribution in [0.25, 0.3) is 0 Å². The van der Waals surface area contributed by atoms with Gasteiger partial charge >= 0.3 is 21.1 Å². The van der Waals surface area contributed by atoms with Crippen LogP contribution >= 0.6 is 0 Å². The molecule has 0 aliphatic heterocycles. The Labute approximate surface area is 131 Å². The molecule has 0 amide bonds. The first-order valence-electron chi connectivity index (χ1n) is 3.43. The molecule has 0 aromatic carbocycles. The molecular formula is C10H10Cl4Mo-2. The van der Waals surface area contributed by atoms with Gasteiger partial charge in [-0.2, -0.15) is 12.2 Å². The summed E-state index contributed by atoms with van der Waals surface area (Å²) >= 11 is 0. The third kappa shape index (κ3) is 20.8. The molecule has 0 spiro atoms. The average Bonchev–Trinajstić information content (AvgIpc) is 2.67. The van der Waals surface area contributed by atoms with Crippen LogP contribution in [-0.2, 0) is 21.1 Å². The second-order valence-electron chi connectivity index (χ2n) is 2.01. The number of hydrogen-bond donors (Lipinski definition) is 0. The molecule has 2 aliphatic rings. The van der Waals surface area contributed by atoms with Crippen molar-refractivity contribution < 1.29 is 70.7 Å². The quantitative estimate of drug-likeness (QED) is 0.295. The van der Waals surface area contributed by atoms with E-state index in [1.165, 1.54) is 0 Å². The van der Waals surface area contributed by atoms with Gasteiger partial charge in [-0.3, -0.25) is 12.2 Å². The standard InChI is InChI=1S/2C5H5.4ClH.Mo/c2*1-2-4-5-3-1;;;;;/h2*1-3H,4H2;4*1H;/q2*-1;;;;;+4/p-4. The molecule has 0 nitrogen and oxygen atoms in total. The summed E-state index contributed by atoms with van der Waals surface area (Å²) in [6.07, 6.45) is 20.0. The normalized spacial score (nSPS) is 11.7. The molecule has 0 unspecified atom stereocenters. The van der Waals surface area contributed by atoms with Gasteiger partial charge < -0.3 is 49.6 Å². The summed E-state index contributed by atoms with van der Waals surface area (Å²) in [5.74, 6) is 0. The van der Waals surface area contributed by atoms with Gasteiger partial charge in [0.05, 0.1) is 0 Å². The Hall–Kier alpha value is 0.808. The maximum Gasteiger partial charge on any atom is 4.00 e. The van der Waals surface area contributed by atoms with E-state index in [2.05, 4.69) is 24.3 Å². The molecule has 2 aliphatic carbocycles. The molecular weight excluding hydrogens is 358 g/mol. The average molecular weight is 368 g/mol. The van der Waals surface area contributed by atoms with E-state index < -0.39 is 0 Å². The molecule has 0 saturated heterocycles. The second kappa shape index (κ2) is 24.2. The van der Waals surface area contributed by atoms with Crippen molar-refractivity contribution in [3.05, 3.63) is 48.6 Å². The molecule has 0 radical (unpaired) electrons. The molecule has 86 valence electrons.